The van der Waals surface area contributed by atoms with Crippen molar-refractivity contribution in [3.63, 3.8) is 0 Å². The number of benzene rings is 2. The number of ether oxygens (including phenoxy) is 2. The Bertz CT molecular complexity index is 898. The van der Waals surface area contributed by atoms with Gasteiger partial charge in [0.25, 0.3) is 5.91 Å². The molecule has 0 aliphatic carbocycles. The Morgan fingerprint density at radius 1 is 1.12 bits per heavy atom. The summed E-state index contributed by atoms with van der Waals surface area (Å²) in [6, 6.07) is 11.6. The molecule has 0 saturated carbocycles. The second-order valence-electron chi connectivity index (χ2n) is 5.75. The van der Waals surface area contributed by atoms with Crippen LogP contribution in [0, 0.1) is 6.92 Å². The fraction of sp³-hybridized carbons (Fsp3) is 0.250. The predicted octanol–water partition coefficient (Wildman–Crippen LogP) is 3.79. The van der Waals surface area contributed by atoms with Crippen LogP contribution < -0.4 is 10.1 Å². The molecule has 2 aromatic carbocycles. The van der Waals surface area contributed by atoms with Gasteiger partial charge in [0.2, 0.25) is 0 Å². The van der Waals surface area contributed by atoms with Gasteiger partial charge in [-0.15, -0.1) is 0 Å². The summed E-state index contributed by atoms with van der Waals surface area (Å²) in [7, 11) is 3.25. The van der Waals surface area contributed by atoms with Crippen LogP contribution in [0.15, 0.2) is 47.1 Å². The third kappa shape index (κ3) is 3.37. The number of aryl methyl sites for hydroxylation is 1. The molecule has 0 aliphatic rings. The van der Waals surface area contributed by atoms with Gasteiger partial charge in [0, 0.05) is 19.0 Å². The summed E-state index contributed by atoms with van der Waals surface area (Å²) in [4.78, 5) is 12.4. The van der Waals surface area contributed by atoms with Gasteiger partial charge in [0.15, 0.2) is 0 Å². The van der Waals surface area contributed by atoms with E-state index in [4.69, 9.17) is 13.9 Å². The molecular formula is C20H21NO4. The summed E-state index contributed by atoms with van der Waals surface area (Å²) < 4.78 is 15.8. The number of nitrogens with one attached hydrogen (secondary N) is 1. The van der Waals surface area contributed by atoms with Crippen molar-refractivity contribution in [2.45, 2.75) is 6.92 Å². The van der Waals surface area contributed by atoms with Crippen LogP contribution >= 0.6 is 0 Å². The number of methoxy groups -OCH3 is 2. The average Bonchev–Trinajstić information content (AvgIpc) is 3.11. The Kier molecular flexibility index (Phi) is 5.05. The number of rotatable bonds is 6. The maximum Gasteiger partial charge on any atom is 0.255 e. The summed E-state index contributed by atoms with van der Waals surface area (Å²) in [5.41, 5.74) is 4.31. The van der Waals surface area contributed by atoms with Gasteiger partial charge in [0.1, 0.15) is 11.3 Å². The number of carbonyl (C=O) groups is 1. The van der Waals surface area contributed by atoms with Crippen LogP contribution in [-0.4, -0.2) is 33.3 Å². The topological polar surface area (TPSA) is 60.7 Å². The molecule has 0 unspecified atom stereocenters. The highest BCUT2D eigenvalue weighted by Gasteiger charge is 2.16. The number of hydrogen-bond acceptors (Lipinski definition) is 4. The van der Waals surface area contributed by atoms with Crippen LogP contribution in [0.25, 0.3) is 22.1 Å². The molecule has 3 rings (SSSR count). The molecule has 25 heavy (non-hydrogen) atoms. The van der Waals surface area contributed by atoms with Gasteiger partial charge < -0.3 is 19.2 Å². The van der Waals surface area contributed by atoms with E-state index >= 15 is 0 Å². The van der Waals surface area contributed by atoms with Crippen molar-refractivity contribution in [1.29, 1.82) is 0 Å². The molecule has 0 fully saturated rings. The van der Waals surface area contributed by atoms with Crippen molar-refractivity contribution in [2.75, 3.05) is 27.4 Å². The minimum absolute atomic E-state index is 0.171. The lowest BCUT2D eigenvalue weighted by atomic mass is 9.95. The first-order chi connectivity index (χ1) is 12.2. The number of hydrogen-bond donors (Lipinski definition) is 1. The van der Waals surface area contributed by atoms with E-state index in [1.165, 1.54) is 0 Å². The number of furan rings is 1. The lowest BCUT2D eigenvalue weighted by molar-refractivity contribution is 0.0938. The van der Waals surface area contributed by atoms with E-state index < -0.39 is 0 Å². The Morgan fingerprint density at radius 3 is 2.64 bits per heavy atom. The zero-order valence-electron chi connectivity index (χ0n) is 14.6. The number of amides is 1. The lowest BCUT2D eigenvalue weighted by Crippen LogP contribution is -2.27. The second kappa shape index (κ2) is 7.40. The fourth-order valence-corrected chi connectivity index (χ4v) is 2.90. The van der Waals surface area contributed by atoms with Crippen molar-refractivity contribution in [2.24, 2.45) is 0 Å². The summed E-state index contributed by atoms with van der Waals surface area (Å²) in [5.74, 6) is 0.647. The monoisotopic (exact) mass is 339 g/mol. The highest BCUT2D eigenvalue weighted by Crippen LogP contribution is 2.34. The molecule has 1 N–H and O–H groups in total. The standard InChI is InChI=1S/C20H21NO4/c1-13-12-14(24-3)4-5-15(13)16-6-7-18(19-17(16)8-10-25-19)20(22)21-9-11-23-2/h4-8,10,12H,9,11H2,1-3H3,(H,21,22). The zero-order valence-corrected chi connectivity index (χ0v) is 14.6. The van der Waals surface area contributed by atoms with E-state index in [-0.39, 0.29) is 5.91 Å². The third-order valence-electron chi connectivity index (χ3n) is 4.18. The smallest absolute Gasteiger partial charge is 0.255 e. The molecule has 0 saturated heterocycles. The molecule has 0 bridgehead atoms. The maximum absolute atomic E-state index is 12.4. The molecule has 0 radical (unpaired) electrons. The minimum atomic E-state index is -0.171. The molecule has 130 valence electrons. The van der Waals surface area contributed by atoms with E-state index in [2.05, 4.69) is 5.32 Å². The van der Waals surface area contributed by atoms with Crippen molar-refractivity contribution in [1.82, 2.24) is 5.32 Å². The fourth-order valence-electron chi connectivity index (χ4n) is 2.90. The summed E-state index contributed by atoms with van der Waals surface area (Å²) >= 11 is 0. The first-order valence-electron chi connectivity index (χ1n) is 8.08. The minimum Gasteiger partial charge on any atom is -0.497 e. The maximum atomic E-state index is 12.4. The van der Waals surface area contributed by atoms with Crippen LogP contribution in [-0.2, 0) is 4.74 Å². The van der Waals surface area contributed by atoms with E-state index in [0.717, 1.165) is 27.8 Å². The van der Waals surface area contributed by atoms with Crippen molar-refractivity contribution in [3.8, 4) is 16.9 Å². The molecular weight excluding hydrogens is 318 g/mol. The first-order valence-corrected chi connectivity index (χ1v) is 8.08. The SMILES string of the molecule is COCCNC(=O)c1ccc(-c2ccc(OC)cc2C)c2ccoc12. The quantitative estimate of drug-likeness (QED) is 0.694. The molecule has 1 heterocycles. The number of fused-ring (bicyclic) bond motifs is 1. The molecule has 1 aromatic heterocycles. The van der Waals surface area contributed by atoms with E-state index in [1.807, 2.05) is 37.3 Å². The van der Waals surface area contributed by atoms with Crippen LogP contribution in [0.4, 0.5) is 0 Å². The van der Waals surface area contributed by atoms with Gasteiger partial charge in [-0.1, -0.05) is 12.1 Å². The van der Waals surface area contributed by atoms with Crippen molar-refractivity contribution < 1.29 is 18.7 Å². The van der Waals surface area contributed by atoms with E-state index in [9.17, 15) is 4.79 Å². The third-order valence-corrected chi connectivity index (χ3v) is 4.18. The van der Waals surface area contributed by atoms with Crippen LogP contribution in [0.2, 0.25) is 0 Å². The molecule has 0 aliphatic heterocycles. The molecule has 5 nitrogen and oxygen atoms in total. The van der Waals surface area contributed by atoms with E-state index in [0.29, 0.717) is 24.3 Å². The Balaban J connectivity index is 2.01. The summed E-state index contributed by atoms with van der Waals surface area (Å²) in [6.45, 7) is 2.96. The second-order valence-corrected chi connectivity index (χ2v) is 5.75. The zero-order chi connectivity index (χ0) is 17.8. The summed E-state index contributed by atoms with van der Waals surface area (Å²) in [6.07, 6.45) is 1.61. The van der Waals surface area contributed by atoms with Crippen LogP contribution in [0.5, 0.6) is 5.75 Å². The van der Waals surface area contributed by atoms with Crippen molar-refractivity contribution >= 4 is 16.9 Å². The number of carbonyl (C=O) groups excluding carboxylic acids is 1. The highest BCUT2D eigenvalue weighted by molar-refractivity contribution is 6.09. The Hall–Kier alpha value is -2.79. The molecule has 5 heteroatoms. The van der Waals surface area contributed by atoms with Gasteiger partial charge in [-0.3, -0.25) is 4.79 Å². The molecule has 0 spiro atoms. The molecule has 1 amide bonds. The summed E-state index contributed by atoms with van der Waals surface area (Å²) in [5, 5.41) is 3.74. The van der Waals surface area contributed by atoms with E-state index in [1.54, 1.807) is 26.5 Å². The molecule has 0 atom stereocenters. The van der Waals surface area contributed by atoms with Crippen molar-refractivity contribution in [3.05, 3.63) is 53.8 Å². The van der Waals surface area contributed by atoms with Gasteiger partial charge in [-0.05, 0) is 47.9 Å². The van der Waals surface area contributed by atoms with Gasteiger partial charge in [0.05, 0.1) is 25.5 Å². The highest BCUT2D eigenvalue weighted by atomic mass is 16.5. The largest absolute Gasteiger partial charge is 0.497 e. The van der Waals surface area contributed by atoms with Gasteiger partial charge in [-0.25, -0.2) is 0 Å². The van der Waals surface area contributed by atoms with Gasteiger partial charge >= 0.3 is 0 Å². The first kappa shape index (κ1) is 17.0. The Morgan fingerprint density at radius 2 is 1.92 bits per heavy atom. The van der Waals surface area contributed by atoms with Crippen LogP contribution in [0.1, 0.15) is 15.9 Å². The van der Waals surface area contributed by atoms with Crippen LogP contribution in [0.3, 0.4) is 0 Å². The predicted molar refractivity (Wildman–Crippen MR) is 97.1 cm³/mol. The average molecular weight is 339 g/mol. The lowest BCUT2D eigenvalue weighted by Gasteiger charge is -2.11. The van der Waals surface area contributed by atoms with Gasteiger partial charge in [-0.2, -0.15) is 0 Å². The normalized spacial score (nSPS) is 10.8. The Labute approximate surface area is 146 Å². The molecule has 3 aromatic rings.